The monoisotopic (exact) mass is 383 g/mol. The van der Waals surface area contributed by atoms with E-state index in [0.717, 1.165) is 24.5 Å². The Morgan fingerprint density at radius 2 is 1.75 bits per heavy atom. The molecule has 0 heterocycles. The van der Waals surface area contributed by atoms with Crippen molar-refractivity contribution in [1.82, 2.24) is 0 Å². The summed E-state index contributed by atoms with van der Waals surface area (Å²) in [5.41, 5.74) is 0.223. The van der Waals surface area contributed by atoms with E-state index in [1.54, 1.807) is 0 Å². The van der Waals surface area contributed by atoms with E-state index in [4.69, 9.17) is 4.74 Å². The number of Topliss-reactive ketones (excluding diaryl/α,β-unsaturated/α-hetero) is 1. The highest BCUT2D eigenvalue weighted by Gasteiger charge is 2.44. The molecule has 146 valence electrons. The van der Waals surface area contributed by atoms with Crippen molar-refractivity contribution in [2.45, 2.75) is 38.0 Å². The molecule has 3 rings (SSSR count). The zero-order valence-electron chi connectivity index (χ0n) is 15.7. The first-order valence-corrected chi connectivity index (χ1v) is 9.25. The topological polar surface area (TPSA) is 72.5 Å². The van der Waals surface area contributed by atoms with Crippen molar-refractivity contribution >= 4 is 23.3 Å². The van der Waals surface area contributed by atoms with Crippen LogP contribution in [0, 0.1) is 5.82 Å². The standard InChI is InChI=1S/C22H22FNO4/c1-15(25)24-17-9-10-18(19(23)13-17)20(26)14-28-21(27)22(11-5-6-12-22)16-7-3-2-4-8-16/h2-4,7-10,13H,5-6,11-12,14H2,1H3,(H,24,25). The third kappa shape index (κ3) is 4.11. The van der Waals surface area contributed by atoms with E-state index in [1.807, 2.05) is 30.3 Å². The van der Waals surface area contributed by atoms with Gasteiger partial charge in [0.2, 0.25) is 11.7 Å². The predicted molar refractivity (Wildman–Crippen MR) is 103 cm³/mol. The molecule has 0 bridgehead atoms. The molecule has 28 heavy (non-hydrogen) atoms. The minimum absolute atomic E-state index is 0.179. The van der Waals surface area contributed by atoms with Crippen molar-refractivity contribution in [3.05, 3.63) is 65.5 Å². The lowest BCUT2D eigenvalue weighted by Gasteiger charge is -2.27. The number of carbonyl (C=O) groups is 3. The summed E-state index contributed by atoms with van der Waals surface area (Å²) in [4.78, 5) is 36.2. The number of esters is 1. The number of ketones is 1. The summed E-state index contributed by atoms with van der Waals surface area (Å²) in [6.45, 7) is 0.784. The minimum Gasteiger partial charge on any atom is -0.457 e. The van der Waals surface area contributed by atoms with Crippen LogP contribution >= 0.6 is 0 Å². The molecule has 1 aliphatic rings. The first kappa shape index (κ1) is 19.7. The largest absolute Gasteiger partial charge is 0.457 e. The van der Waals surface area contributed by atoms with Crippen molar-refractivity contribution in [2.75, 3.05) is 11.9 Å². The van der Waals surface area contributed by atoms with E-state index in [0.29, 0.717) is 12.8 Å². The van der Waals surface area contributed by atoms with Gasteiger partial charge in [0.25, 0.3) is 0 Å². The maximum absolute atomic E-state index is 14.2. The molecule has 1 fully saturated rings. The molecular weight excluding hydrogens is 361 g/mol. The summed E-state index contributed by atoms with van der Waals surface area (Å²) in [6.07, 6.45) is 3.17. The Bertz CT molecular complexity index is 889. The second-order valence-electron chi connectivity index (χ2n) is 7.03. The number of nitrogens with one attached hydrogen (secondary N) is 1. The number of hydrogen-bond donors (Lipinski definition) is 1. The molecule has 0 spiro atoms. The van der Waals surface area contributed by atoms with Crippen LogP contribution in [0.5, 0.6) is 0 Å². The van der Waals surface area contributed by atoms with E-state index in [1.165, 1.54) is 19.1 Å². The number of amides is 1. The number of benzene rings is 2. The second kappa shape index (κ2) is 8.33. The zero-order valence-corrected chi connectivity index (χ0v) is 15.7. The lowest BCUT2D eigenvalue weighted by atomic mass is 9.79. The molecule has 0 radical (unpaired) electrons. The molecule has 1 saturated carbocycles. The van der Waals surface area contributed by atoms with Crippen LogP contribution in [0.25, 0.3) is 0 Å². The Morgan fingerprint density at radius 3 is 2.36 bits per heavy atom. The van der Waals surface area contributed by atoms with Crippen LogP contribution in [0.3, 0.4) is 0 Å². The molecule has 1 amide bonds. The Hall–Kier alpha value is -3.02. The van der Waals surface area contributed by atoms with Gasteiger partial charge >= 0.3 is 5.97 Å². The van der Waals surface area contributed by atoms with Crippen molar-refractivity contribution in [1.29, 1.82) is 0 Å². The summed E-state index contributed by atoms with van der Waals surface area (Å²) in [6, 6.07) is 13.2. The molecule has 0 aliphatic heterocycles. The molecule has 1 aliphatic carbocycles. The van der Waals surface area contributed by atoms with Gasteiger partial charge < -0.3 is 10.1 Å². The molecule has 0 saturated heterocycles. The zero-order chi connectivity index (χ0) is 20.1. The van der Waals surface area contributed by atoms with Crippen LogP contribution in [0.2, 0.25) is 0 Å². The summed E-state index contributed by atoms with van der Waals surface area (Å²) in [5, 5.41) is 2.45. The quantitative estimate of drug-likeness (QED) is 0.604. The van der Waals surface area contributed by atoms with Crippen LogP contribution in [-0.2, 0) is 19.7 Å². The normalized spacial score (nSPS) is 15.1. The molecule has 5 nitrogen and oxygen atoms in total. The molecule has 2 aromatic rings. The van der Waals surface area contributed by atoms with Crippen LogP contribution < -0.4 is 5.32 Å². The average Bonchev–Trinajstić information content (AvgIpc) is 3.17. The van der Waals surface area contributed by atoms with Gasteiger partial charge in [0.1, 0.15) is 5.82 Å². The predicted octanol–water partition coefficient (Wildman–Crippen LogP) is 4.02. The van der Waals surface area contributed by atoms with E-state index in [-0.39, 0.29) is 17.2 Å². The lowest BCUT2D eigenvalue weighted by Crippen LogP contribution is -2.35. The Balaban J connectivity index is 1.70. The smallest absolute Gasteiger partial charge is 0.317 e. The van der Waals surface area contributed by atoms with Crippen LogP contribution in [-0.4, -0.2) is 24.3 Å². The fraction of sp³-hybridized carbons (Fsp3) is 0.318. The third-order valence-electron chi connectivity index (χ3n) is 5.10. The molecule has 6 heteroatoms. The maximum Gasteiger partial charge on any atom is 0.317 e. The van der Waals surface area contributed by atoms with E-state index in [9.17, 15) is 18.8 Å². The third-order valence-corrected chi connectivity index (χ3v) is 5.10. The first-order chi connectivity index (χ1) is 13.4. The maximum atomic E-state index is 14.2. The molecule has 1 N–H and O–H groups in total. The van der Waals surface area contributed by atoms with Gasteiger partial charge in [0, 0.05) is 12.6 Å². The number of rotatable bonds is 6. The van der Waals surface area contributed by atoms with Crippen LogP contribution in [0.4, 0.5) is 10.1 Å². The fourth-order valence-electron chi connectivity index (χ4n) is 3.72. The van der Waals surface area contributed by atoms with E-state index < -0.39 is 29.6 Å². The van der Waals surface area contributed by atoms with Gasteiger partial charge in [-0.05, 0) is 36.6 Å². The van der Waals surface area contributed by atoms with Gasteiger partial charge in [0.05, 0.1) is 11.0 Å². The number of carbonyl (C=O) groups excluding carboxylic acids is 3. The fourth-order valence-corrected chi connectivity index (χ4v) is 3.72. The van der Waals surface area contributed by atoms with Gasteiger partial charge in [-0.25, -0.2) is 4.39 Å². The lowest BCUT2D eigenvalue weighted by molar-refractivity contribution is -0.149. The highest BCUT2D eigenvalue weighted by molar-refractivity contribution is 5.99. The molecule has 0 atom stereocenters. The molecule has 0 aromatic heterocycles. The number of anilines is 1. The summed E-state index contributed by atoms with van der Waals surface area (Å²) < 4.78 is 19.5. The summed E-state index contributed by atoms with van der Waals surface area (Å²) in [5.74, 6) is -2.18. The molecule has 2 aromatic carbocycles. The van der Waals surface area contributed by atoms with Crippen molar-refractivity contribution in [2.24, 2.45) is 0 Å². The number of hydrogen-bond acceptors (Lipinski definition) is 4. The van der Waals surface area contributed by atoms with Gasteiger partial charge in [-0.3, -0.25) is 14.4 Å². The van der Waals surface area contributed by atoms with Gasteiger partial charge in [-0.15, -0.1) is 0 Å². The average molecular weight is 383 g/mol. The van der Waals surface area contributed by atoms with Crippen molar-refractivity contribution in [3.63, 3.8) is 0 Å². The molecule has 0 unspecified atom stereocenters. The van der Waals surface area contributed by atoms with Crippen LogP contribution in [0.15, 0.2) is 48.5 Å². The number of ether oxygens (including phenoxy) is 1. The highest BCUT2D eigenvalue weighted by Crippen LogP contribution is 2.42. The first-order valence-electron chi connectivity index (χ1n) is 9.25. The van der Waals surface area contributed by atoms with Gasteiger partial charge in [0.15, 0.2) is 6.61 Å². The van der Waals surface area contributed by atoms with E-state index in [2.05, 4.69) is 5.32 Å². The minimum atomic E-state index is -0.772. The van der Waals surface area contributed by atoms with Gasteiger partial charge in [-0.2, -0.15) is 0 Å². The van der Waals surface area contributed by atoms with Gasteiger partial charge in [-0.1, -0.05) is 43.2 Å². The van der Waals surface area contributed by atoms with Crippen LogP contribution in [0.1, 0.15) is 48.5 Å². The van der Waals surface area contributed by atoms with E-state index >= 15 is 0 Å². The van der Waals surface area contributed by atoms with Crippen molar-refractivity contribution in [3.8, 4) is 0 Å². The SMILES string of the molecule is CC(=O)Nc1ccc(C(=O)COC(=O)C2(c3ccccc3)CCCC2)c(F)c1. The highest BCUT2D eigenvalue weighted by atomic mass is 19.1. The Kier molecular flexibility index (Phi) is 5.87. The summed E-state index contributed by atoms with van der Waals surface area (Å²) in [7, 11) is 0. The second-order valence-corrected chi connectivity index (χ2v) is 7.03. The molecular formula is C22H22FNO4. The van der Waals surface area contributed by atoms with Crippen molar-refractivity contribution < 1.29 is 23.5 Å². The Morgan fingerprint density at radius 1 is 1.07 bits per heavy atom. The Labute approximate surface area is 162 Å². The number of halogens is 1. The summed E-state index contributed by atoms with van der Waals surface area (Å²) >= 11 is 0.